The van der Waals surface area contributed by atoms with Gasteiger partial charge < -0.3 is 15.0 Å². The SMILES string of the molecule is N#CC[C@H]1CN(c2nc(OCC3CCCN3C3CC3)nc3c2CN(C2CCc4ccccc42)C3)CCN1. The fraction of sp³-hybridized carbons (Fsp3) is 0.621. The lowest BCUT2D eigenvalue weighted by molar-refractivity contribution is 0.158. The normalized spacial score (nSPS) is 27.8. The van der Waals surface area contributed by atoms with Gasteiger partial charge in [0, 0.05) is 62.5 Å². The highest BCUT2D eigenvalue weighted by atomic mass is 16.5. The second-order valence-corrected chi connectivity index (χ2v) is 11.4. The summed E-state index contributed by atoms with van der Waals surface area (Å²) in [5, 5.41) is 12.8. The van der Waals surface area contributed by atoms with Crippen molar-refractivity contribution in [2.24, 2.45) is 0 Å². The summed E-state index contributed by atoms with van der Waals surface area (Å²) >= 11 is 0. The van der Waals surface area contributed by atoms with E-state index in [1.54, 1.807) is 0 Å². The van der Waals surface area contributed by atoms with Crippen LogP contribution >= 0.6 is 0 Å². The highest BCUT2D eigenvalue weighted by Gasteiger charge is 2.38. The number of hydrogen-bond acceptors (Lipinski definition) is 8. The third-order valence-corrected chi connectivity index (χ3v) is 9.04. The van der Waals surface area contributed by atoms with Crippen LogP contribution in [-0.4, -0.2) is 70.7 Å². The predicted molar refractivity (Wildman–Crippen MR) is 141 cm³/mol. The highest BCUT2D eigenvalue weighted by molar-refractivity contribution is 5.52. The lowest BCUT2D eigenvalue weighted by Gasteiger charge is -2.34. The fourth-order valence-corrected chi connectivity index (χ4v) is 7.06. The molecule has 0 amide bonds. The maximum absolute atomic E-state index is 9.28. The monoisotopic (exact) mass is 499 g/mol. The van der Waals surface area contributed by atoms with E-state index >= 15 is 0 Å². The van der Waals surface area contributed by atoms with E-state index in [2.05, 4.69) is 50.4 Å². The zero-order valence-electron chi connectivity index (χ0n) is 21.6. The summed E-state index contributed by atoms with van der Waals surface area (Å²) in [5.74, 6) is 1.02. The first-order chi connectivity index (χ1) is 18.3. The van der Waals surface area contributed by atoms with Gasteiger partial charge in [-0.3, -0.25) is 9.80 Å². The summed E-state index contributed by atoms with van der Waals surface area (Å²) in [6.45, 7) is 6.12. The number of piperazine rings is 1. The van der Waals surface area contributed by atoms with Crippen LogP contribution in [0.2, 0.25) is 0 Å². The number of benzene rings is 1. The summed E-state index contributed by atoms with van der Waals surface area (Å²) in [6.07, 6.45) is 7.96. The fourth-order valence-electron chi connectivity index (χ4n) is 7.06. The Bertz CT molecular complexity index is 1190. The first-order valence-electron chi connectivity index (χ1n) is 14.2. The zero-order valence-corrected chi connectivity index (χ0v) is 21.6. The summed E-state index contributed by atoms with van der Waals surface area (Å²) < 4.78 is 6.37. The van der Waals surface area contributed by atoms with Gasteiger partial charge >= 0.3 is 6.01 Å². The second kappa shape index (κ2) is 9.86. The maximum atomic E-state index is 9.28. The van der Waals surface area contributed by atoms with Gasteiger partial charge in [-0.2, -0.15) is 15.2 Å². The van der Waals surface area contributed by atoms with Crippen LogP contribution in [0, 0.1) is 11.3 Å². The van der Waals surface area contributed by atoms with Crippen molar-refractivity contribution in [3.05, 3.63) is 46.6 Å². The lowest BCUT2D eigenvalue weighted by atomic mass is 10.1. The number of ether oxygens (including phenoxy) is 1. The van der Waals surface area contributed by atoms with Gasteiger partial charge in [-0.15, -0.1) is 0 Å². The van der Waals surface area contributed by atoms with Gasteiger partial charge in [-0.05, 0) is 56.2 Å². The van der Waals surface area contributed by atoms with E-state index in [-0.39, 0.29) is 6.04 Å². The molecule has 194 valence electrons. The van der Waals surface area contributed by atoms with Crippen LogP contribution in [-0.2, 0) is 19.5 Å². The number of nitriles is 1. The van der Waals surface area contributed by atoms with Gasteiger partial charge in [-0.1, -0.05) is 24.3 Å². The van der Waals surface area contributed by atoms with Crippen molar-refractivity contribution in [3.63, 3.8) is 0 Å². The van der Waals surface area contributed by atoms with Crippen molar-refractivity contribution in [1.29, 1.82) is 5.26 Å². The molecule has 0 bridgehead atoms. The zero-order chi connectivity index (χ0) is 24.8. The Balaban J connectivity index is 1.15. The molecule has 0 radical (unpaired) electrons. The van der Waals surface area contributed by atoms with Crippen LogP contribution in [0.4, 0.5) is 5.82 Å². The van der Waals surface area contributed by atoms with E-state index in [9.17, 15) is 5.26 Å². The minimum Gasteiger partial charge on any atom is -0.462 e. The van der Waals surface area contributed by atoms with E-state index < -0.39 is 0 Å². The minimum atomic E-state index is 0.165. The molecule has 2 saturated heterocycles. The number of aryl methyl sites for hydroxylation is 1. The third-order valence-electron chi connectivity index (χ3n) is 9.04. The van der Waals surface area contributed by atoms with Crippen molar-refractivity contribution in [2.75, 3.05) is 37.7 Å². The minimum absolute atomic E-state index is 0.165. The van der Waals surface area contributed by atoms with Crippen LogP contribution in [0.5, 0.6) is 6.01 Å². The highest BCUT2D eigenvalue weighted by Crippen LogP contribution is 2.42. The molecular weight excluding hydrogens is 462 g/mol. The Morgan fingerprint density at radius 3 is 2.89 bits per heavy atom. The molecule has 2 aromatic rings. The first-order valence-corrected chi connectivity index (χ1v) is 14.2. The van der Waals surface area contributed by atoms with Crippen molar-refractivity contribution in [1.82, 2.24) is 25.1 Å². The molecule has 0 spiro atoms. The molecular formula is C29H37N7O. The molecule has 1 saturated carbocycles. The molecule has 37 heavy (non-hydrogen) atoms. The number of nitrogens with one attached hydrogen (secondary N) is 1. The van der Waals surface area contributed by atoms with E-state index in [1.807, 2.05) is 0 Å². The topological polar surface area (TPSA) is 80.5 Å². The number of hydrogen-bond donors (Lipinski definition) is 1. The molecule has 1 aromatic heterocycles. The van der Waals surface area contributed by atoms with Gasteiger partial charge in [0.2, 0.25) is 0 Å². The molecule has 1 aromatic carbocycles. The lowest BCUT2D eigenvalue weighted by Crippen LogP contribution is -2.51. The van der Waals surface area contributed by atoms with Crippen LogP contribution in [0.15, 0.2) is 24.3 Å². The second-order valence-electron chi connectivity index (χ2n) is 11.4. The number of rotatable bonds is 7. The molecule has 2 unspecified atom stereocenters. The van der Waals surface area contributed by atoms with Crippen molar-refractivity contribution < 1.29 is 4.74 Å². The molecule has 8 heteroatoms. The van der Waals surface area contributed by atoms with Gasteiger partial charge in [0.25, 0.3) is 0 Å². The number of likely N-dealkylation sites (tertiary alicyclic amines) is 1. The Morgan fingerprint density at radius 1 is 1.08 bits per heavy atom. The van der Waals surface area contributed by atoms with Crippen LogP contribution < -0.4 is 15.0 Å². The van der Waals surface area contributed by atoms with Gasteiger partial charge in [0.15, 0.2) is 0 Å². The van der Waals surface area contributed by atoms with E-state index in [0.29, 0.717) is 31.1 Å². The largest absolute Gasteiger partial charge is 0.462 e. The Labute approximate surface area is 219 Å². The average Bonchev–Trinajstić information content (AvgIpc) is 3.31. The molecule has 7 rings (SSSR count). The Hall–Kier alpha value is -2.73. The smallest absolute Gasteiger partial charge is 0.318 e. The molecule has 2 aliphatic carbocycles. The summed E-state index contributed by atoms with van der Waals surface area (Å²) in [5.41, 5.74) is 5.32. The van der Waals surface area contributed by atoms with Gasteiger partial charge in [0.1, 0.15) is 12.4 Å². The van der Waals surface area contributed by atoms with E-state index in [1.165, 1.54) is 48.9 Å². The Morgan fingerprint density at radius 2 is 2.00 bits per heavy atom. The Kier molecular flexibility index (Phi) is 6.23. The predicted octanol–water partition coefficient (Wildman–Crippen LogP) is 3.18. The van der Waals surface area contributed by atoms with Gasteiger partial charge in [0.05, 0.1) is 18.2 Å². The van der Waals surface area contributed by atoms with Crippen LogP contribution in [0.1, 0.15) is 67.0 Å². The molecule has 3 atom stereocenters. The van der Waals surface area contributed by atoms with Crippen LogP contribution in [0.3, 0.4) is 0 Å². The summed E-state index contributed by atoms with van der Waals surface area (Å²) in [7, 11) is 0. The van der Waals surface area contributed by atoms with Crippen molar-refractivity contribution in [2.45, 2.75) is 82.2 Å². The molecule has 5 aliphatic rings. The van der Waals surface area contributed by atoms with Crippen molar-refractivity contribution in [3.8, 4) is 12.1 Å². The van der Waals surface area contributed by atoms with Gasteiger partial charge in [-0.25, -0.2) is 0 Å². The first kappa shape index (κ1) is 23.4. The number of nitrogens with zero attached hydrogens (tertiary/aromatic N) is 6. The summed E-state index contributed by atoms with van der Waals surface area (Å²) in [4.78, 5) is 17.6. The van der Waals surface area contributed by atoms with Crippen molar-refractivity contribution >= 4 is 5.82 Å². The number of anilines is 1. The molecule has 3 fully saturated rings. The number of fused-ring (bicyclic) bond motifs is 2. The third kappa shape index (κ3) is 4.58. The average molecular weight is 500 g/mol. The quantitative estimate of drug-likeness (QED) is 0.622. The van der Waals surface area contributed by atoms with Crippen LogP contribution in [0.25, 0.3) is 0 Å². The van der Waals surface area contributed by atoms with E-state index in [0.717, 1.165) is 63.1 Å². The molecule has 3 aliphatic heterocycles. The molecule has 8 nitrogen and oxygen atoms in total. The molecule has 1 N–H and O–H groups in total. The molecule has 4 heterocycles. The van der Waals surface area contributed by atoms with E-state index in [4.69, 9.17) is 14.7 Å². The number of aromatic nitrogens is 2. The summed E-state index contributed by atoms with van der Waals surface area (Å²) in [6, 6.07) is 13.6. The maximum Gasteiger partial charge on any atom is 0.318 e. The standard InChI is InChI=1S/C29H37N7O/c30-12-11-21-16-34(15-13-31-21)28-25-17-35(27-10-7-20-4-1-2-6-24(20)27)18-26(25)32-29(33-28)37-19-23-5-3-14-36(23)22-8-9-22/h1-2,4,6,21-23,27,31H,3,5,7-11,13-19H2/t21-,23?,27?/m0/s1.